The molecule has 0 spiro atoms. The quantitative estimate of drug-likeness (QED) is 0.880. The van der Waals surface area contributed by atoms with Crippen LogP contribution in [0.15, 0.2) is 36.7 Å². The number of carbonyl (C=O) groups is 2. The molecule has 28 heavy (non-hydrogen) atoms. The number of nitrogens with zero attached hydrogens (tertiary/aromatic N) is 4. The molecule has 0 unspecified atom stereocenters. The van der Waals surface area contributed by atoms with Crippen molar-refractivity contribution in [2.75, 3.05) is 36.5 Å². The third-order valence-electron chi connectivity index (χ3n) is 5.19. The molecule has 2 aliphatic rings. The molecule has 0 saturated carbocycles. The van der Waals surface area contributed by atoms with Gasteiger partial charge in [-0.25, -0.2) is 4.79 Å². The van der Waals surface area contributed by atoms with Crippen LogP contribution in [0.4, 0.5) is 16.2 Å². The van der Waals surface area contributed by atoms with Crippen molar-refractivity contribution in [1.82, 2.24) is 14.7 Å². The summed E-state index contributed by atoms with van der Waals surface area (Å²) < 4.78 is 7.68. The van der Waals surface area contributed by atoms with E-state index in [0.717, 1.165) is 30.8 Å². The SMILES string of the molecule is CCn1cc([C@H]2CN(C(=O)Nc3cccc(N4CCCC4=O)c3)CCO2)cn1. The van der Waals surface area contributed by atoms with Gasteiger partial charge in [0, 0.05) is 49.2 Å². The van der Waals surface area contributed by atoms with Crippen molar-refractivity contribution in [3.63, 3.8) is 0 Å². The molecule has 1 aromatic carbocycles. The van der Waals surface area contributed by atoms with Gasteiger partial charge in [0.15, 0.2) is 0 Å². The standard InChI is InChI=1S/C20H25N5O3/c1-2-24-13-15(12-21-24)18-14-23(9-10-28-18)20(27)22-16-5-3-6-17(11-16)25-8-4-7-19(25)26/h3,5-6,11-13,18H,2,4,7-10,14H2,1H3,(H,22,27)/t18-/m1/s1. The number of rotatable bonds is 4. The predicted octanol–water partition coefficient (Wildman–Crippen LogP) is 2.64. The number of benzene rings is 1. The smallest absolute Gasteiger partial charge is 0.322 e. The molecule has 0 radical (unpaired) electrons. The Morgan fingerprint density at radius 3 is 3.00 bits per heavy atom. The van der Waals surface area contributed by atoms with E-state index in [0.29, 0.717) is 31.8 Å². The molecule has 3 amide bonds. The fourth-order valence-corrected chi connectivity index (χ4v) is 3.63. The highest BCUT2D eigenvalue weighted by molar-refractivity contribution is 5.96. The summed E-state index contributed by atoms with van der Waals surface area (Å²) in [5.41, 5.74) is 2.49. The lowest BCUT2D eigenvalue weighted by atomic mass is 10.1. The maximum Gasteiger partial charge on any atom is 0.322 e. The van der Waals surface area contributed by atoms with E-state index >= 15 is 0 Å². The van der Waals surface area contributed by atoms with Crippen molar-refractivity contribution in [2.45, 2.75) is 32.4 Å². The lowest BCUT2D eigenvalue weighted by Gasteiger charge is -2.32. The maximum atomic E-state index is 12.8. The Morgan fingerprint density at radius 2 is 2.25 bits per heavy atom. The number of hydrogen-bond acceptors (Lipinski definition) is 4. The second-order valence-corrected chi connectivity index (χ2v) is 7.06. The minimum absolute atomic E-state index is 0.132. The van der Waals surface area contributed by atoms with Gasteiger partial charge in [-0.1, -0.05) is 6.07 Å². The van der Waals surface area contributed by atoms with E-state index < -0.39 is 0 Å². The van der Waals surface area contributed by atoms with Crippen molar-refractivity contribution >= 4 is 23.3 Å². The Bertz CT molecular complexity index is 865. The van der Waals surface area contributed by atoms with Gasteiger partial charge in [-0.2, -0.15) is 5.10 Å². The van der Waals surface area contributed by atoms with E-state index in [1.54, 1.807) is 16.0 Å². The molecule has 2 aromatic rings. The van der Waals surface area contributed by atoms with E-state index in [9.17, 15) is 9.59 Å². The van der Waals surface area contributed by atoms with Crippen LogP contribution in [0.1, 0.15) is 31.4 Å². The average Bonchev–Trinajstić information content (AvgIpc) is 3.37. The van der Waals surface area contributed by atoms with Crippen LogP contribution in [0.25, 0.3) is 0 Å². The molecule has 2 fully saturated rings. The first-order chi connectivity index (χ1) is 13.6. The number of hydrogen-bond donors (Lipinski definition) is 1. The Balaban J connectivity index is 1.41. The normalized spacial score (nSPS) is 19.9. The van der Waals surface area contributed by atoms with Crippen LogP contribution in [0, 0.1) is 0 Å². The number of aryl methyl sites for hydroxylation is 1. The number of carbonyl (C=O) groups excluding carboxylic acids is 2. The molecule has 0 bridgehead atoms. The molecule has 8 heteroatoms. The molecule has 1 N–H and O–H groups in total. The molecule has 1 atom stereocenters. The molecular weight excluding hydrogens is 358 g/mol. The number of amides is 3. The van der Waals surface area contributed by atoms with Crippen LogP contribution in [0.5, 0.6) is 0 Å². The zero-order chi connectivity index (χ0) is 19.5. The first-order valence-corrected chi connectivity index (χ1v) is 9.74. The first-order valence-electron chi connectivity index (χ1n) is 9.74. The van der Waals surface area contributed by atoms with Crippen molar-refractivity contribution in [3.05, 3.63) is 42.2 Å². The van der Waals surface area contributed by atoms with Crippen LogP contribution in [0.3, 0.4) is 0 Å². The number of aromatic nitrogens is 2. The Labute approximate surface area is 164 Å². The maximum absolute atomic E-state index is 12.8. The summed E-state index contributed by atoms with van der Waals surface area (Å²) in [4.78, 5) is 28.2. The number of nitrogens with one attached hydrogen (secondary N) is 1. The summed E-state index contributed by atoms with van der Waals surface area (Å²) in [5, 5.41) is 7.24. The molecule has 3 heterocycles. The van der Waals surface area contributed by atoms with Gasteiger partial charge in [0.1, 0.15) is 6.10 Å². The van der Waals surface area contributed by atoms with Gasteiger partial charge in [0.25, 0.3) is 0 Å². The summed E-state index contributed by atoms with van der Waals surface area (Å²) in [5.74, 6) is 0.132. The monoisotopic (exact) mass is 383 g/mol. The summed E-state index contributed by atoms with van der Waals surface area (Å²) in [6.45, 7) is 5.06. The number of morpholine rings is 1. The highest BCUT2D eigenvalue weighted by Gasteiger charge is 2.27. The molecule has 8 nitrogen and oxygen atoms in total. The van der Waals surface area contributed by atoms with Gasteiger partial charge in [-0.15, -0.1) is 0 Å². The fourth-order valence-electron chi connectivity index (χ4n) is 3.63. The molecule has 2 aliphatic heterocycles. The first kappa shape index (κ1) is 18.5. The van der Waals surface area contributed by atoms with Crippen LogP contribution in [0.2, 0.25) is 0 Å². The van der Waals surface area contributed by atoms with E-state index in [2.05, 4.69) is 10.4 Å². The van der Waals surface area contributed by atoms with Gasteiger partial charge in [-0.3, -0.25) is 9.48 Å². The van der Waals surface area contributed by atoms with Crippen molar-refractivity contribution in [1.29, 1.82) is 0 Å². The third-order valence-corrected chi connectivity index (χ3v) is 5.19. The van der Waals surface area contributed by atoms with Crippen molar-refractivity contribution in [3.8, 4) is 0 Å². The fraction of sp³-hybridized carbons (Fsp3) is 0.450. The van der Waals surface area contributed by atoms with Crippen LogP contribution < -0.4 is 10.2 Å². The van der Waals surface area contributed by atoms with Gasteiger partial charge >= 0.3 is 6.03 Å². The Morgan fingerprint density at radius 1 is 1.36 bits per heavy atom. The van der Waals surface area contributed by atoms with E-state index in [4.69, 9.17) is 4.74 Å². The van der Waals surface area contributed by atoms with E-state index in [1.165, 1.54) is 0 Å². The summed E-state index contributed by atoms with van der Waals surface area (Å²) in [6, 6.07) is 7.28. The minimum atomic E-state index is -0.173. The zero-order valence-electron chi connectivity index (χ0n) is 16.0. The van der Waals surface area contributed by atoms with Crippen LogP contribution in [-0.2, 0) is 16.1 Å². The zero-order valence-corrected chi connectivity index (χ0v) is 16.0. The second kappa shape index (κ2) is 8.02. The number of urea groups is 1. The molecule has 1 aromatic heterocycles. The molecule has 148 valence electrons. The summed E-state index contributed by atoms with van der Waals surface area (Å²) in [6.07, 6.45) is 5.04. The Kier molecular flexibility index (Phi) is 5.29. The Hall–Kier alpha value is -2.87. The van der Waals surface area contributed by atoms with Gasteiger partial charge < -0.3 is 19.9 Å². The lowest BCUT2D eigenvalue weighted by Crippen LogP contribution is -2.44. The molecule has 4 rings (SSSR count). The lowest BCUT2D eigenvalue weighted by molar-refractivity contribution is -0.117. The predicted molar refractivity (Wildman–Crippen MR) is 105 cm³/mol. The summed E-state index contributed by atoms with van der Waals surface area (Å²) in [7, 11) is 0. The number of anilines is 2. The van der Waals surface area contributed by atoms with E-state index in [1.807, 2.05) is 42.1 Å². The number of ether oxygens (including phenoxy) is 1. The second-order valence-electron chi connectivity index (χ2n) is 7.06. The molecule has 2 saturated heterocycles. The van der Waals surface area contributed by atoms with Crippen molar-refractivity contribution < 1.29 is 14.3 Å². The van der Waals surface area contributed by atoms with Crippen LogP contribution >= 0.6 is 0 Å². The van der Waals surface area contributed by atoms with Gasteiger partial charge in [0.2, 0.25) is 5.91 Å². The van der Waals surface area contributed by atoms with E-state index in [-0.39, 0.29) is 18.0 Å². The van der Waals surface area contributed by atoms with Gasteiger partial charge in [-0.05, 0) is 31.5 Å². The summed E-state index contributed by atoms with van der Waals surface area (Å²) >= 11 is 0. The van der Waals surface area contributed by atoms with Crippen molar-refractivity contribution in [2.24, 2.45) is 0 Å². The average molecular weight is 383 g/mol. The topological polar surface area (TPSA) is 79.7 Å². The highest BCUT2D eigenvalue weighted by Crippen LogP contribution is 2.25. The van der Waals surface area contributed by atoms with Gasteiger partial charge in [0.05, 0.1) is 19.3 Å². The third kappa shape index (κ3) is 3.87. The minimum Gasteiger partial charge on any atom is -0.370 e. The largest absolute Gasteiger partial charge is 0.370 e. The van der Waals surface area contributed by atoms with Crippen LogP contribution in [-0.4, -0.2) is 52.9 Å². The molecular formula is C20H25N5O3. The highest BCUT2D eigenvalue weighted by atomic mass is 16.5. The molecule has 0 aliphatic carbocycles.